The van der Waals surface area contributed by atoms with E-state index in [4.69, 9.17) is 4.74 Å². The summed E-state index contributed by atoms with van der Waals surface area (Å²) in [7, 11) is 0. The molecule has 3 aromatic rings. The molecule has 28 heavy (non-hydrogen) atoms. The smallest absolute Gasteiger partial charge is 0.331 e. The highest BCUT2D eigenvalue weighted by Crippen LogP contribution is 2.24. The standard InChI is InChI=1S/C21H20Br2N2O3/c1-4-18-19(28-17-6-12(2)5-13(3)7-17)24-21(27)25(20(18)26)11-14-8-15(22)10-16(23)9-14/h5-10H,4,11H2,1-3H3,(H,24,27). The average molecular weight is 508 g/mol. The number of aromatic nitrogens is 2. The minimum atomic E-state index is -0.502. The van der Waals surface area contributed by atoms with E-state index in [0.717, 1.165) is 25.6 Å². The first-order chi connectivity index (χ1) is 13.3. The number of halogens is 2. The van der Waals surface area contributed by atoms with Gasteiger partial charge in [0.05, 0.1) is 12.1 Å². The Bertz CT molecular complexity index is 1110. The SMILES string of the molecule is CCc1c(Oc2cc(C)cc(C)c2)[nH]c(=O)n(Cc2cc(Br)cc(Br)c2)c1=O. The van der Waals surface area contributed by atoms with Gasteiger partial charge in [0.2, 0.25) is 5.88 Å². The van der Waals surface area contributed by atoms with E-state index in [2.05, 4.69) is 36.8 Å². The van der Waals surface area contributed by atoms with Crippen LogP contribution in [0.15, 0.2) is 54.9 Å². The van der Waals surface area contributed by atoms with Gasteiger partial charge in [0, 0.05) is 8.95 Å². The molecular formula is C21H20Br2N2O3. The maximum absolute atomic E-state index is 13.0. The third kappa shape index (κ3) is 4.64. The van der Waals surface area contributed by atoms with Crippen molar-refractivity contribution in [1.82, 2.24) is 9.55 Å². The van der Waals surface area contributed by atoms with Crippen LogP contribution in [0.5, 0.6) is 11.6 Å². The normalized spacial score (nSPS) is 10.9. The molecule has 0 fully saturated rings. The summed E-state index contributed by atoms with van der Waals surface area (Å²) in [6.07, 6.45) is 0.442. The van der Waals surface area contributed by atoms with E-state index in [1.165, 1.54) is 4.57 Å². The zero-order valence-corrected chi connectivity index (χ0v) is 19.0. The number of nitrogens with one attached hydrogen (secondary N) is 1. The van der Waals surface area contributed by atoms with Crippen molar-refractivity contribution in [3.8, 4) is 11.6 Å². The molecule has 0 radical (unpaired) electrons. The van der Waals surface area contributed by atoms with Gasteiger partial charge in [0.1, 0.15) is 5.75 Å². The Morgan fingerprint density at radius 3 is 2.14 bits per heavy atom. The summed E-state index contributed by atoms with van der Waals surface area (Å²) in [5, 5.41) is 0. The molecule has 0 aliphatic carbocycles. The molecule has 2 aromatic carbocycles. The summed E-state index contributed by atoms with van der Waals surface area (Å²) in [5.74, 6) is 0.796. The Kier molecular flexibility index (Phi) is 6.25. The Morgan fingerprint density at radius 1 is 0.964 bits per heavy atom. The number of H-pyrrole nitrogens is 1. The molecule has 0 saturated heterocycles. The summed E-state index contributed by atoms with van der Waals surface area (Å²) in [4.78, 5) is 28.3. The van der Waals surface area contributed by atoms with E-state index >= 15 is 0 Å². The predicted molar refractivity (Wildman–Crippen MR) is 118 cm³/mol. The first kappa shape index (κ1) is 20.6. The Balaban J connectivity index is 2.03. The van der Waals surface area contributed by atoms with Gasteiger partial charge < -0.3 is 4.74 Å². The first-order valence-corrected chi connectivity index (χ1v) is 10.4. The second-order valence-electron chi connectivity index (χ2n) is 6.69. The van der Waals surface area contributed by atoms with Gasteiger partial charge in [-0.25, -0.2) is 4.79 Å². The number of nitrogens with zero attached hydrogens (tertiary/aromatic N) is 1. The number of rotatable bonds is 5. The summed E-state index contributed by atoms with van der Waals surface area (Å²) in [6.45, 7) is 5.97. The molecule has 0 unspecified atom stereocenters. The number of aromatic amines is 1. The molecule has 0 aliphatic rings. The summed E-state index contributed by atoms with van der Waals surface area (Å²) < 4.78 is 8.81. The van der Waals surface area contributed by atoms with Gasteiger partial charge in [-0.1, -0.05) is 44.8 Å². The van der Waals surface area contributed by atoms with E-state index in [1.807, 2.05) is 57.2 Å². The van der Waals surface area contributed by atoms with Gasteiger partial charge in [0.25, 0.3) is 5.56 Å². The molecule has 0 spiro atoms. The van der Waals surface area contributed by atoms with Gasteiger partial charge in [0.15, 0.2) is 0 Å². The summed E-state index contributed by atoms with van der Waals surface area (Å²) in [6, 6.07) is 11.4. The molecule has 0 atom stereocenters. The van der Waals surface area contributed by atoms with Gasteiger partial charge >= 0.3 is 5.69 Å². The molecule has 7 heteroatoms. The lowest BCUT2D eigenvalue weighted by Gasteiger charge is -2.13. The lowest BCUT2D eigenvalue weighted by Crippen LogP contribution is -2.37. The fourth-order valence-electron chi connectivity index (χ4n) is 3.13. The van der Waals surface area contributed by atoms with Crippen molar-refractivity contribution in [2.45, 2.75) is 33.7 Å². The van der Waals surface area contributed by atoms with Crippen LogP contribution in [0.3, 0.4) is 0 Å². The van der Waals surface area contributed by atoms with Crippen molar-refractivity contribution in [3.05, 3.63) is 88.4 Å². The van der Waals surface area contributed by atoms with Crippen LogP contribution < -0.4 is 16.0 Å². The fraction of sp³-hybridized carbons (Fsp3) is 0.238. The fourth-order valence-corrected chi connectivity index (χ4v) is 4.52. The molecule has 0 bridgehead atoms. The van der Waals surface area contributed by atoms with Gasteiger partial charge in [-0.05, 0) is 67.3 Å². The third-order valence-corrected chi connectivity index (χ3v) is 5.19. The molecule has 146 valence electrons. The molecule has 1 heterocycles. The van der Waals surface area contributed by atoms with Crippen LogP contribution in [-0.4, -0.2) is 9.55 Å². The van der Waals surface area contributed by atoms with E-state index in [-0.39, 0.29) is 18.0 Å². The Morgan fingerprint density at radius 2 is 1.57 bits per heavy atom. The summed E-state index contributed by atoms with van der Waals surface area (Å²) >= 11 is 6.86. The van der Waals surface area contributed by atoms with Crippen LogP contribution in [0.25, 0.3) is 0 Å². The number of ether oxygens (including phenoxy) is 1. The number of hydrogen-bond acceptors (Lipinski definition) is 3. The zero-order valence-electron chi connectivity index (χ0n) is 15.8. The second-order valence-corrected chi connectivity index (χ2v) is 8.52. The van der Waals surface area contributed by atoms with Gasteiger partial charge in [-0.15, -0.1) is 0 Å². The van der Waals surface area contributed by atoms with E-state index in [1.54, 1.807) is 0 Å². The van der Waals surface area contributed by atoms with Crippen molar-refractivity contribution >= 4 is 31.9 Å². The van der Waals surface area contributed by atoms with Crippen LogP contribution in [0.4, 0.5) is 0 Å². The monoisotopic (exact) mass is 506 g/mol. The molecule has 1 aromatic heterocycles. The molecule has 5 nitrogen and oxygen atoms in total. The van der Waals surface area contributed by atoms with Crippen LogP contribution in [-0.2, 0) is 13.0 Å². The average Bonchev–Trinajstić information content (AvgIpc) is 2.57. The van der Waals surface area contributed by atoms with Crippen LogP contribution in [0, 0.1) is 13.8 Å². The van der Waals surface area contributed by atoms with Gasteiger partial charge in [-0.3, -0.25) is 14.3 Å². The number of hydrogen-bond donors (Lipinski definition) is 1. The van der Waals surface area contributed by atoms with Crippen molar-refractivity contribution in [2.75, 3.05) is 0 Å². The molecule has 3 rings (SSSR count). The minimum absolute atomic E-state index is 0.170. The quantitative estimate of drug-likeness (QED) is 0.523. The molecule has 0 aliphatic heterocycles. The van der Waals surface area contributed by atoms with Gasteiger partial charge in [-0.2, -0.15) is 0 Å². The third-order valence-electron chi connectivity index (χ3n) is 4.27. The molecule has 0 amide bonds. The van der Waals surface area contributed by atoms with Crippen LogP contribution in [0.1, 0.15) is 29.2 Å². The highest BCUT2D eigenvalue weighted by atomic mass is 79.9. The topological polar surface area (TPSA) is 64.1 Å². The second kappa shape index (κ2) is 8.49. The van der Waals surface area contributed by atoms with Crippen LogP contribution >= 0.6 is 31.9 Å². The number of benzene rings is 2. The predicted octanol–water partition coefficient (Wildman–Crippen LogP) is 5.08. The van der Waals surface area contributed by atoms with Crippen LogP contribution in [0.2, 0.25) is 0 Å². The Labute approximate surface area is 179 Å². The molecule has 0 saturated carbocycles. The maximum atomic E-state index is 13.0. The number of aryl methyl sites for hydroxylation is 2. The highest BCUT2D eigenvalue weighted by molar-refractivity contribution is 9.11. The van der Waals surface area contributed by atoms with Crippen molar-refractivity contribution in [2.24, 2.45) is 0 Å². The molecular weight excluding hydrogens is 488 g/mol. The molecule has 1 N–H and O–H groups in total. The van der Waals surface area contributed by atoms with E-state index < -0.39 is 5.69 Å². The largest absolute Gasteiger partial charge is 0.440 e. The highest BCUT2D eigenvalue weighted by Gasteiger charge is 2.15. The lowest BCUT2D eigenvalue weighted by molar-refractivity contribution is 0.444. The van der Waals surface area contributed by atoms with Crippen molar-refractivity contribution < 1.29 is 4.74 Å². The zero-order chi connectivity index (χ0) is 20.4. The lowest BCUT2D eigenvalue weighted by atomic mass is 10.1. The maximum Gasteiger partial charge on any atom is 0.331 e. The van der Waals surface area contributed by atoms with Crippen molar-refractivity contribution in [3.63, 3.8) is 0 Å². The van der Waals surface area contributed by atoms with Crippen molar-refractivity contribution in [1.29, 1.82) is 0 Å². The first-order valence-electron chi connectivity index (χ1n) is 8.84. The van der Waals surface area contributed by atoms with E-state index in [9.17, 15) is 9.59 Å². The Hall–Kier alpha value is -2.12. The minimum Gasteiger partial charge on any atom is -0.440 e. The summed E-state index contributed by atoms with van der Waals surface area (Å²) in [5.41, 5.74) is 2.51. The van der Waals surface area contributed by atoms with E-state index in [0.29, 0.717) is 17.7 Å².